The Kier molecular flexibility index (Phi) is 3.37. The Balaban J connectivity index is 2.64. The molecular weight excluding hydrogens is 247 g/mol. The van der Waals surface area contributed by atoms with Crippen molar-refractivity contribution in [1.29, 1.82) is 0 Å². The van der Waals surface area contributed by atoms with Crippen molar-refractivity contribution in [2.75, 3.05) is 12.8 Å². The van der Waals surface area contributed by atoms with Crippen LogP contribution in [0.4, 0.5) is 10.1 Å². The Hall–Kier alpha value is -2.56. The molecule has 0 saturated carbocycles. The Morgan fingerprint density at radius 3 is 2.58 bits per heavy atom. The van der Waals surface area contributed by atoms with Crippen molar-refractivity contribution in [1.82, 2.24) is 0 Å². The molecule has 19 heavy (non-hydrogen) atoms. The van der Waals surface area contributed by atoms with Crippen LogP contribution in [0.25, 0.3) is 11.1 Å². The number of carbonyl (C=O) groups is 1. The Labute approximate surface area is 109 Å². The molecule has 0 spiro atoms. The molecule has 0 atom stereocenters. The zero-order chi connectivity index (χ0) is 14.0. The van der Waals surface area contributed by atoms with Crippen LogP contribution >= 0.6 is 0 Å². The monoisotopic (exact) mass is 260 g/mol. The van der Waals surface area contributed by atoms with Gasteiger partial charge in [0.15, 0.2) is 0 Å². The Bertz CT molecular complexity index is 641. The van der Waals surface area contributed by atoms with E-state index in [-0.39, 0.29) is 11.3 Å². The second kappa shape index (κ2) is 4.97. The van der Waals surface area contributed by atoms with Gasteiger partial charge in [-0.2, -0.15) is 0 Å². The first-order valence-corrected chi connectivity index (χ1v) is 5.56. The van der Waals surface area contributed by atoms with Crippen molar-refractivity contribution in [3.05, 3.63) is 47.8 Å². The molecular formula is C14H13FN2O2. The lowest BCUT2D eigenvalue weighted by Gasteiger charge is -2.12. The third kappa shape index (κ3) is 2.35. The Morgan fingerprint density at radius 1 is 1.26 bits per heavy atom. The van der Waals surface area contributed by atoms with Crippen LogP contribution in [-0.4, -0.2) is 13.0 Å². The predicted octanol–water partition coefficient (Wildman–Crippen LogP) is 2.18. The van der Waals surface area contributed by atoms with Crippen molar-refractivity contribution in [2.45, 2.75) is 0 Å². The van der Waals surface area contributed by atoms with E-state index in [4.69, 9.17) is 16.2 Å². The summed E-state index contributed by atoms with van der Waals surface area (Å²) in [6, 6.07) is 9.31. The van der Waals surface area contributed by atoms with Crippen LogP contribution in [0.1, 0.15) is 10.4 Å². The number of methoxy groups -OCH3 is 1. The third-order valence-electron chi connectivity index (χ3n) is 2.79. The highest BCUT2D eigenvalue weighted by Crippen LogP contribution is 2.34. The number of nitrogens with two attached hydrogens (primary N) is 2. The summed E-state index contributed by atoms with van der Waals surface area (Å²) < 4.78 is 18.4. The van der Waals surface area contributed by atoms with E-state index in [9.17, 15) is 9.18 Å². The van der Waals surface area contributed by atoms with Crippen LogP contribution in [0.5, 0.6) is 5.75 Å². The molecule has 0 radical (unpaired) electrons. The van der Waals surface area contributed by atoms with E-state index in [1.165, 1.54) is 19.2 Å². The second-order valence-electron chi connectivity index (χ2n) is 3.99. The van der Waals surface area contributed by atoms with Crippen LogP contribution in [-0.2, 0) is 0 Å². The molecule has 0 saturated heterocycles. The smallest absolute Gasteiger partial charge is 0.252 e. The van der Waals surface area contributed by atoms with E-state index in [1.807, 2.05) is 0 Å². The van der Waals surface area contributed by atoms with Gasteiger partial charge >= 0.3 is 0 Å². The van der Waals surface area contributed by atoms with Crippen molar-refractivity contribution < 1.29 is 13.9 Å². The number of primary amides is 1. The maximum atomic E-state index is 13.2. The van der Waals surface area contributed by atoms with E-state index in [2.05, 4.69) is 0 Å². The highest BCUT2D eigenvalue weighted by molar-refractivity contribution is 5.98. The fourth-order valence-corrected chi connectivity index (χ4v) is 1.89. The van der Waals surface area contributed by atoms with Crippen LogP contribution in [0.3, 0.4) is 0 Å². The van der Waals surface area contributed by atoms with Gasteiger partial charge < -0.3 is 16.2 Å². The number of halogens is 1. The number of carbonyl (C=O) groups excluding carboxylic acids is 1. The molecule has 0 fully saturated rings. The van der Waals surface area contributed by atoms with Gasteiger partial charge in [0, 0.05) is 5.56 Å². The minimum absolute atomic E-state index is 0.0315. The van der Waals surface area contributed by atoms with Gasteiger partial charge in [-0.15, -0.1) is 0 Å². The summed E-state index contributed by atoms with van der Waals surface area (Å²) in [4.78, 5) is 11.3. The SMILES string of the molecule is COc1c(C(N)=O)cccc1-c1ccc(F)c(N)c1. The molecule has 4 nitrogen and oxygen atoms in total. The molecule has 0 unspecified atom stereocenters. The van der Waals surface area contributed by atoms with Gasteiger partial charge in [-0.05, 0) is 23.8 Å². The number of anilines is 1. The standard InChI is InChI=1S/C14H13FN2O2/c1-19-13-9(3-2-4-10(13)14(17)18)8-5-6-11(15)12(16)7-8/h2-7H,16H2,1H3,(H2,17,18). The van der Waals surface area contributed by atoms with Gasteiger partial charge in [-0.25, -0.2) is 4.39 Å². The quantitative estimate of drug-likeness (QED) is 0.830. The lowest BCUT2D eigenvalue weighted by molar-refractivity contribution is 0.0997. The maximum Gasteiger partial charge on any atom is 0.252 e. The van der Waals surface area contributed by atoms with Gasteiger partial charge in [0.1, 0.15) is 11.6 Å². The molecule has 2 aromatic carbocycles. The van der Waals surface area contributed by atoms with E-state index in [0.717, 1.165) is 0 Å². The summed E-state index contributed by atoms with van der Waals surface area (Å²) in [5.74, 6) is -0.733. The second-order valence-corrected chi connectivity index (χ2v) is 3.99. The lowest BCUT2D eigenvalue weighted by Crippen LogP contribution is -2.12. The van der Waals surface area contributed by atoms with Crippen LogP contribution in [0.2, 0.25) is 0 Å². The lowest BCUT2D eigenvalue weighted by atomic mass is 10.0. The summed E-state index contributed by atoms with van der Waals surface area (Å²) in [6.07, 6.45) is 0. The van der Waals surface area contributed by atoms with Gasteiger partial charge in [-0.3, -0.25) is 4.79 Å². The molecule has 0 heterocycles. The Morgan fingerprint density at radius 2 is 2.00 bits per heavy atom. The number of ether oxygens (including phenoxy) is 1. The highest BCUT2D eigenvalue weighted by atomic mass is 19.1. The van der Waals surface area contributed by atoms with Gasteiger partial charge in [-0.1, -0.05) is 18.2 Å². The van der Waals surface area contributed by atoms with Crippen molar-refractivity contribution in [3.8, 4) is 16.9 Å². The van der Waals surface area contributed by atoms with Crippen molar-refractivity contribution in [3.63, 3.8) is 0 Å². The molecule has 0 bridgehead atoms. The third-order valence-corrected chi connectivity index (χ3v) is 2.79. The van der Waals surface area contributed by atoms with Gasteiger partial charge in [0.2, 0.25) is 0 Å². The summed E-state index contributed by atoms with van der Waals surface area (Å²) in [7, 11) is 1.44. The average molecular weight is 260 g/mol. The topological polar surface area (TPSA) is 78.3 Å². The van der Waals surface area contributed by atoms with Gasteiger partial charge in [0.05, 0.1) is 18.4 Å². The molecule has 2 rings (SSSR count). The first-order valence-electron chi connectivity index (χ1n) is 5.56. The summed E-state index contributed by atoms with van der Waals surface area (Å²) in [5, 5.41) is 0. The number of hydrogen-bond donors (Lipinski definition) is 2. The molecule has 5 heteroatoms. The molecule has 1 amide bonds. The van der Waals surface area contributed by atoms with E-state index in [0.29, 0.717) is 16.9 Å². The van der Waals surface area contributed by atoms with E-state index in [1.54, 1.807) is 24.3 Å². The largest absolute Gasteiger partial charge is 0.495 e. The number of nitrogen functional groups attached to an aromatic ring is 1. The first kappa shape index (κ1) is 12.9. The summed E-state index contributed by atoms with van der Waals surface area (Å²) >= 11 is 0. The minimum Gasteiger partial charge on any atom is -0.495 e. The first-order chi connectivity index (χ1) is 9.04. The van der Waals surface area contributed by atoms with Crippen LogP contribution in [0.15, 0.2) is 36.4 Å². The molecule has 0 aromatic heterocycles. The number of para-hydroxylation sites is 1. The predicted molar refractivity (Wildman–Crippen MR) is 71.3 cm³/mol. The minimum atomic E-state index is -0.589. The van der Waals surface area contributed by atoms with Crippen molar-refractivity contribution >= 4 is 11.6 Å². The molecule has 0 aliphatic carbocycles. The fourth-order valence-electron chi connectivity index (χ4n) is 1.89. The molecule has 0 aliphatic rings. The molecule has 2 aromatic rings. The maximum absolute atomic E-state index is 13.2. The zero-order valence-electron chi connectivity index (χ0n) is 10.3. The van der Waals surface area contributed by atoms with Gasteiger partial charge in [0.25, 0.3) is 5.91 Å². The number of rotatable bonds is 3. The van der Waals surface area contributed by atoms with Crippen LogP contribution < -0.4 is 16.2 Å². The number of benzene rings is 2. The fraction of sp³-hybridized carbons (Fsp3) is 0.0714. The number of amides is 1. The number of hydrogen-bond acceptors (Lipinski definition) is 3. The van der Waals surface area contributed by atoms with E-state index < -0.39 is 11.7 Å². The summed E-state index contributed by atoms with van der Waals surface area (Å²) in [5.41, 5.74) is 12.4. The van der Waals surface area contributed by atoms with Crippen LogP contribution in [0, 0.1) is 5.82 Å². The molecule has 98 valence electrons. The molecule has 0 aliphatic heterocycles. The normalized spacial score (nSPS) is 10.2. The van der Waals surface area contributed by atoms with Crippen molar-refractivity contribution in [2.24, 2.45) is 5.73 Å². The average Bonchev–Trinajstić information content (AvgIpc) is 2.40. The summed E-state index contributed by atoms with van der Waals surface area (Å²) in [6.45, 7) is 0. The van der Waals surface area contributed by atoms with E-state index >= 15 is 0 Å². The zero-order valence-corrected chi connectivity index (χ0v) is 10.3. The highest BCUT2D eigenvalue weighted by Gasteiger charge is 2.15. The molecule has 4 N–H and O–H groups in total.